The number of nitrogens with one attached hydrogen (secondary N) is 1. The number of methoxy groups -OCH3 is 1. The predicted octanol–water partition coefficient (Wildman–Crippen LogP) is 4.56. The van der Waals surface area contributed by atoms with Gasteiger partial charge in [-0.1, -0.05) is 24.3 Å². The summed E-state index contributed by atoms with van der Waals surface area (Å²) in [5, 5.41) is 13.7. The molecule has 1 amide bonds. The summed E-state index contributed by atoms with van der Waals surface area (Å²) in [5.74, 6) is -0.345. The Morgan fingerprint density at radius 2 is 2.06 bits per heavy atom. The number of amides is 1. The summed E-state index contributed by atoms with van der Waals surface area (Å²) in [6.45, 7) is 3.07. The molecule has 31 heavy (non-hydrogen) atoms. The summed E-state index contributed by atoms with van der Waals surface area (Å²) in [6.07, 6.45) is 2.58. The molecular formula is C24H26N2O4S. The standard InChI is InChI=1S/C24H26N2O4S/c1-15-9-10-20(30-2)19(12-15)25-22(27)14-26-11-5-6-16(26)13-18-17-7-3-4-8-21(17)31-23(18)24(28)29/h3-4,7-10,12,16H,5-6,11,13-14H2,1-2H3,(H,25,27)(H,28,29)/t16-/m0/s1. The van der Waals surface area contributed by atoms with Gasteiger partial charge in [-0.2, -0.15) is 0 Å². The Hall–Kier alpha value is -2.90. The van der Waals surface area contributed by atoms with Gasteiger partial charge in [-0.25, -0.2) is 4.79 Å². The molecule has 0 spiro atoms. The fourth-order valence-corrected chi connectivity index (χ4v) is 5.41. The molecule has 0 radical (unpaired) electrons. The number of anilines is 1. The summed E-state index contributed by atoms with van der Waals surface area (Å²) in [5.41, 5.74) is 2.59. The van der Waals surface area contributed by atoms with E-state index in [2.05, 4.69) is 10.2 Å². The number of aromatic carboxylic acids is 1. The van der Waals surface area contributed by atoms with Crippen LogP contribution in [0.1, 0.15) is 33.6 Å². The van der Waals surface area contributed by atoms with Gasteiger partial charge in [0.25, 0.3) is 0 Å². The zero-order valence-electron chi connectivity index (χ0n) is 17.7. The van der Waals surface area contributed by atoms with Crippen LogP contribution in [0.3, 0.4) is 0 Å². The van der Waals surface area contributed by atoms with Crippen molar-refractivity contribution >= 4 is 39.0 Å². The first kappa shape index (κ1) is 21.3. The normalized spacial score (nSPS) is 16.5. The zero-order valence-corrected chi connectivity index (χ0v) is 18.5. The summed E-state index contributed by atoms with van der Waals surface area (Å²) >= 11 is 1.33. The summed E-state index contributed by atoms with van der Waals surface area (Å²) < 4.78 is 6.35. The lowest BCUT2D eigenvalue weighted by molar-refractivity contribution is -0.117. The van der Waals surface area contributed by atoms with Crippen molar-refractivity contribution in [3.8, 4) is 5.75 Å². The Bertz CT molecular complexity index is 1120. The Morgan fingerprint density at radius 1 is 1.26 bits per heavy atom. The first-order valence-corrected chi connectivity index (χ1v) is 11.2. The van der Waals surface area contributed by atoms with Crippen LogP contribution in [0.15, 0.2) is 42.5 Å². The number of benzene rings is 2. The average molecular weight is 439 g/mol. The van der Waals surface area contributed by atoms with Crippen LogP contribution in [-0.4, -0.2) is 48.1 Å². The van der Waals surface area contributed by atoms with Crippen LogP contribution in [0.4, 0.5) is 5.69 Å². The average Bonchev–Trinajstić information content (AvgIpc) is 3.33. The minimum absolute atomic E-state index is 0.0931. The van der Waals surface area contributed by atoms with E-state index in [1.807, 2.05) is 49.4 Å². The highest BCUT2D eigenvalue weighted by molar-refractivity contribution is 7.21. The fraction of sp³-hybridized carbons (Fsp3) is 0.333. The third-order valence-electron chi connectivity index (χ3n) is 5.81. The molecular weight excluding hydrogens is 412 g/mol. The molecule has 0 aliphatic carbocycles. The Morgan fingerprint density at radius 3 is 2.84 bits per heavy atom. The number of hydrogen-bond donors (Lipinski definition) is 2. The molecule has 4 rings (SSSR count). The summed E-state index contributed by atoms with van der Waals surface area (Å²) in [7, 11) is 1.59. The number of carboxylic acids is 1. The minimum atomic E-state index is -0.884. The molecule has 1 atom stereocenters. The number of thiophene rings is 1. The first-order chi connectivity index (χ1) is 15.0. The molecule has 2 heterocycles. The second-order valence-electron chi connectivity index (χ2n) is 7.93. The van der Waals surface area contributed by atoms with Crippen LogP contribution in [-0.2, 0) is 11.2 Å². The Labute approximate surface area is 185 Å². The molecule has 0 unspecified atom stereocenters. The van der Waals surface area contributed by atoms with Gasteiger partial charge in [0.1, 0.15) is 10.6 Å². The molecule has 1 saturated heterocycles. The fourth-order valence-electron chi connectivity index (χ4n) is 4.34. The second kappa shape index (κ2) is 9.08. The van der Waals surface area contributed by atoms with E-state index in [4.69, 9.17) is 4.74 Å². The molecule has 0 bridgehead atoms. The van der Waals surface area contributed by atoms with Crippen molar-refractivity contribution in [2.24, 2.45) is 0 Å². The Kier molecular flexibility index (Phi) is 6.25. The number of carbonyl (C=O) groups excluding carboxylic acids is 1. The number of rotatable bonds is 7. The molecule has 3 aromatic rings. The maximum Gasteiger partial charge on any atom is 0.346 e. The van der Waals surface area contributed by atoms with E-state index < -0.39 is 5.97 Å². The monoisotopic (exact) mass is 438 g/mol. The predicted molar refractivity (Wildman–Crippen MR) is 123 cm³/mol. The second-order valence-corrected chi connectivity index (χ2v) is 8.99. The van der Waals surface area contributed by atoms with E-state index in [0.29, 0.717) is 22.7 Å². The lowest BCUT2D eigenvalue weighted by Gasteiger charge is -2.24. The van der Waals surface area contributed by atoms with Crippen LogP contribution in [0.25, 0.3) is 10.1 Å². The number of fused-ring (bicyclic) bond motifs is 1. The lowest BCUT2D eigenvalue weighted by Crippen LogP contribution is -2.38. The highest BCUT2D eigenvalue weighted by atomic mass is 32.1. The third-order valence-corrected chi connectivity index (χ3v) is 7.01. The number of likely N-dealkylation sites (tertiary alicyclic amines) is 1. The Balaban J connectivity index is 1.50. The molecule has 1 fully saturated rings. The van der Waals surface area contributed by atoms with E-state index in [-0.39, 0.29) is 18.5 Å². The topological polar surface area (TPSA) is 78.9 Å². The first-order valence-electron chi connectivity index (χ1n) is 10.4. The largest absolute Gasteiger partial charge is 0.495 e. The van der Waals surface area contributed by atoms with Gasteiger partial charge in [0.2, 0.25) is 5.91 Å². The van der Waals surface area contributed by atoms with Gasteiger partial charge in [0.05, 0.1) is 19.3 Å². The summed E-state index contributed by atoms with van der Waals surface area (Å²) in [6, 6.07) is 13.7. The molecule has 2 aromatic carbocycles. The smallest absolute Gasteiger partial charge is 0.346 e. The third kappa shape index (κ3) is 4.57. The maximum absolute atomic E-state index is 12.8. The molecule has 6 nitrogen and oxygen atoms in total. The van der Waals surface area contributed by atoms with E-state index in [0.717, 1.165) is 40.6 Å². The van der Waals surface area contributed by atoms with Crippen molar-refractivity contribution in [3.05, 3.63) is 58.5 Å². The molecule has 7 heteroatoms. The van der Waals surface area contributed by atoms with Crippen molar-refractivity contribution in [1.82, 2.24) is 4.90 Å². The van der Waals surface area contributed by atoms with Crippen molar-refractivity contribution in [2.75, 3.05) is 25.5 Å². The molecule has 2 N–H and O–H groups in total. The highest BCUT2D eigenvalue weighted by Crippen LogP contribution is 2.34. The van der Waals surface area contributed by atoms with E-state index in [9.17, 15) is 14.7 Å². The van der Waals surface area contributed by atoms with Gasteiger partial charge in [-0.05, 0) is 67.4 Å². The van der Waals surface area contributed by atoms with E-state index in [1.54, 1.807) is 7.11 Å². The van der Waals surface area contributed by atoms with Crippen LogP contribution in [0.2, 0.25) is 0 Å². The van der Waals surface area contributed by atoms with Crippen LogP contribution >= 0.6 is 11.3 Å². The van der Waals surface area contributed by atoms with Crippen LogP contribution in [0, 0.1) is 6.92 Å². The lowest BCUT2D eigenvalue weighted by atomic mass is 10.0. The number of carbonyl (C=O) groups is 2. The quantitative estimate of drug-likeness (QED) is 0.565. The molecule has 1 aromatic heterocycles. The van der Waals surface area contributed by atoms with Crippen molar-refractivity contribution in [3.63, 3.8) is 0 Å². The molecule has 1 aliphatic heterocycles. The van der Waals surface area contributed by atoms with Gasteiger partial charge < -0.3 is 15.2 Å². The SMILES string of the molecule is COc1ccc(C)cc1NC(=O)CN1CCC[C@H]1Cc1c(C(=O)O)sc2ccccc12. The van der Waals surface area contributed by atoms with Gasteiger partial charge in [-0.3, -0.25) is 9.69 Å². The highest BCUT2D eigenvalue weighted by Gasteiger charge is 2.29. The number of ether oxygens (including phenoxy) is 1. The molecule has 0 saturated carbocycles. The van der Waals surface area contributed by atoms with Crippen molar-refractivity contribution < 1.29 is 19.4 Å². The minimum Gasteiger partial charge on any atom is -0.495 e. The number of hydrogen-bond acceptors (Lipinski definition) is 5. The van der Waals surface area contributed by atoms with Crippen LogP contribution in [0.5, 0.6) is 5.75 Å². The van der Waals surface area contributed by atoms with Gasteiger partial charge >= 0.3 is 5.97 Å². The number of aryl methyl sites for hydroxylation is 1. The van der Waals surface area contributed by atoms with Crippen molar-refractivity contribution in [1.29, 1.82) is 0 Å². The zero-order chi connectivity index (χ0) is 22.0. The van der Waals surface area contributed by atoms with Gasteiger partial charge in [0.15, 0.2) is 0 Å². The van der Waals surface area contributed by atoms with Gasteiger partial charge in [0, 0.05) is 10.7 Å². The van der Waals surface area contributed by atoms with Gasteiger partial charge in [-0.15, -0.1) is 11.3 Å². The summed E-state index contributed by atoms with van der Waals surface area (Å²) in [4.78, 5) is 27.2. The van der Waals surface area contributed by atoms with E-state index >= 15 is 0 Å². The number of nitrogens with zero attached hydrogens (tertiary/aromatic N) is 1. The molecule has 162 valence electrons. The van der Waals surface area contributed by atoms with Crippen LogP contribution < -0.4 is 10.1 Å². The number of carboxylic acid groups (broad SMARTS) is 1. The maximum atomic E-state index is 12.8. The molecule has 1 aliphatic rings. The van der Waals surface area contributed by atoms with E-state index in [1.165, 1.54) is 11.3 Å². The van der Waals surface area contributed by atoms with Crippen molar-refractivity contribution in [2.45, 2.75) is 32.2 Å².